The molecule has 7 heteroatoms. The minimum absolute atomic E-state index is 0.114. The predicted octanol–water partition coefficient (Wildman–Crippen LogP) is 3.53. The second-order valence-electron chi connectivity index (χ2n) is 8.44. The Morgan fingerprint density at radius 3 is 2.70 bits per heavy atom. The molecule has 1 fully saturated rings. The molecule has 0 radical (unpaired) electrons. The van der Waals surface area contributed by atoms with Gasteiger partial charge in [0.1, 0.15) is 17.7 Å². The summed E-state index contributed by atoms with van der Waals surface area (Å²) in [5.74, 6) is 1.40. The van der Waals surface area contributed by atoms with Crippen molar-refractivity contribution >= 4 is 12.1 Å². The van der Waals surface area contributed by atoms with Crippen molar-refractivity contribution in [2.24, 2.45) is 0 Å². The van der Waals surface area contributed by atoms with Crippen molar-refractivity contribution in [1.29, 1.82) is 0 Å². The maximum absolute atomic E-state index is 11.3. The van der Waals surface area contributed by atoms with Crippen LogP contribution >= 0.6 is 0 Å². The number of nitrogens with one attached hydrogen (secondary N) is 1. The number of rotatable bonds is 8. The van der Waals surface area contributed by atoms with Crippen LogP contribution in [0.2, 0.25) is 0 Å². The molecule has 0 unspecified atom stereocenters. The summed E-state index contributed by atoms with van der Waals surface area (Å²) in [4.78, 5) is 11.3. The second-order valence-corrected chi connectivity index (χ2v) is 8.44. The summed E-state index contributed by atoms with van der Waals surface area (Å²) in [5.41, 5.74) is 3.97. The van der Waals surface area contributed by atoms with Crippen molar-refractivity contribution < 1.29 is 19.4 Å². The van der Waals surface area contributed by atoms with Crippen LogP contribution in [0.25, 0.3) is 11.3 Å². The lowest BCUT2D eigenvalue weighted by atomic mass is 9.77. The molecule has 1 aromatic carbocycles. The molecular formula is C23H29N3O4. The Labute approximate surface area is 176 Å². The number of benzene rings is 1. The van der Waals surface area contributed by atoms with Gasteiger partial charge in [0, 0.05) is 29.3 Å². The van der Waals surface area contributed by atoms with E-state index in [1.807, 2.05) is 19.9 Å². The smallest absolute Gasteiger partial charge is 0.189 e. The van der Waals surface area contributed by atoms with Crippen molar-refractivity contribution in [1.82, 2.24) is 10.2 Å². The SMILES string of the molecule is CCOCOc1cc(C=O)ccc1-c1nnc(N[C@H]2C[C@@](C)(O)C2)c2c1CCCC2. The number of nitrogens with zero attached hydrogens (tertiary/aromatic N) is 2. The van der Waals surface area contributed by atoms with E-state index < -0.39 is 5.60 Å². The number of carbonyl (C=O) groups excluding carboxylic acids is 1. The lowest BCUT2D eigenvalue weighted by Gasteiger charge is -2.41. The van der Waals surface area contributed by atoms with Crippen LogP contribution in [-0.4, -0.2) is 46.6 Å². The quantitative estimate of drug-likeness (QED) is 0.390. The Hall–Kier alpha value is -2.51. The van der Waals surface area contributed by atoms with Gasteiger partial charge in [-0.3, -0.25) is 4.79 Å². The van der Waals surface area contributed by atoms with Gasteiger partial charge in [0.25, 0.3) is 0 Å². The van der Waals surface area contributed by atoms with Crippen molar-refractivity contribution in [3.8, 4) is 17.0 Å². The standard InChI is InChI=1S/C23H29N3O4/c1-3-29-14-30-20-10-15(13-27)8-9-19(20)21-17-6-4-5-7-18(17)22(26-25-21)24-16-11-23(2,28)12-16/h8-10,13,16,28H,3-7,11-12,14H2,1-2H3,(H,24,26)/t16-,23+. The van der Waals surface area contributed by atoms with Gasteiger partial charge in [0.05, 0.1) is 5.60 Å². The number of fused-ring (bicyclic) bond motifs is 1. The number of carbonyl (C=O) groups is 1. The van der Waals surface area contributed by atoms with E-state index in [4.69, 9.17) is 9.47 Å². The third-order valence-electron chi connectivity index (χ3n) is 5.90. The van der Waals surface area contributed by atoms with Gasteiger partial charge in [-0.2, -0.15) is 0 Å². The van der Waals surface area contributed by atoms with Crippen LogP contribution in [0.1, 0.15) is 61.0 Å². The van der Waals surface area contributed by atoms with E-state index >= 15 is 0 Å². The molecule has 0 aliphatic heterocycles. The van der Waals surface area contributed by atoms with Crippen LogP contribution in [0.5, 0.6) is 5.75 Å². The molecule has 2 aromatic rings. The number of aldehydes is 1. The lowest BCUT2D eigenvalue weighted by Crippen LogP contribution is -2.48. The monoisotopic (exact) mass is 411 g/mol. The summed E-state index contributed by atoms with van der Waals surface area (Å²) < 4.78 is 11.2. The van der Waals surface area contributed by atoms with Gasteiger partial charge < -0.3 is 19.9 Å². The Morgan fingerprint density at radius 2 is 2.00 bits per heavy atom. The Kier molecular flexibility index (Phi) is 6.01. The van der Waals surface area contributed by atoms with E-state index in [0.717, 1.165) is 49.0 Å². The minimum atomic E-state index is -0.585. The van der Waals surface area contributed by atoms with E-state index in [2.05, 4.69) is 15.5 Å². The first-order valence-electron chi connectivity index (χ1n) is 10.7. The maximum atomic E-state index is 11.3. The van der Waals surface area contributed by atoms with Crippen LogP contribution in [0.3, 0.4) is 0 Å². The molecule has 0 spiro atoms. The van der Waals surface area contributed by atoms with Crippen LogP contribution in [0, 0.1) is 0 Å². The molecular weight excluding hydrogens is 382 g/mol. The first-order valence-corrected chi connectivity index (χ1v) is 10.7. The molecule has 2 aliphatic carbocycles. The van der Waals surface area contributed by atoms with Crippen LogP contribution in [-0.2, 0) is 17.6 Å². The number of hydrogen-bond acceptors (Lipinski definition) is 7. The summed E-state index contributed by atoms with van der Waals surface area (Å²) in [6.45, 7) is 4.43. The second kappa shape index (κ2) is 8.70. The molecule has 30 heavy (non-hydrogen) atoms. The average Bonchev–Trinajstić information content (AvgIpc) is 2.73. The van der Waals surface area contributed by atoms with Crippen molar-refractivity contribution in [3.05, 3.63) is 34.9 Å². The zero-order chi connectivity index (χ0) is 21.1. The van der Waals surface area contributed by atoms with Gasteiger partial charge >= 0.3 is 0 Å². The van der Waals surface area contributed by atoms with Gasteiger partial charge in [0.2, 0.25) is 0 Å². The lowest BCUT2D eigenvalue weighted by molar-refractivity contribution is -0.0235. The number of aliphatic hydroxyl groups is 1. The van der Waals surface area contributed by atoms with Gasteiger partial charge in [-0.05, 0) is 70.1 Å². The largest absolute Gasteiger partial charge is 0.467 e. The van der Waals surface area contributed by atoms with Gasteiger partial charge in [-0.25, -0.2) is 0 Å². The molecule has 0 saturated heterocycles. The molecule has 0 atom stereocenters. The molecule has 1 aromatic heterocycles. The summed E-state index contributed by atoms with van der Waals surface area (Å²) in [6, 6.07) is 5.60. The normalized spacial score (nSPS) is 22.7. The van der Waals surface area contributed by atoms with Crippen LogP contribution < -0.4 is 10.1 Å². The first-order chi connectivity index (χ1) is 14.5. The summed E-state index contributed by atoms with van der Waals surface area (Å²) in [5, 5.41) is 22.6. The third-order valence-corrected chi connectivity index (χ3v) is 5.90. The molecule has 2 N–H and O–H groups in total. The maximum Gasteiger partial charge on any atom is 0.189 e. The molecule has 4 rings (SSSR count). The summed E-state index contributed by atoms with van der Waals surface area (Å²) in [6.07, 6.45) is 6.33. The first kappa shape index (κ1) is 20.8. The van der Waals surface area contributed by atoms with E-state index in [1.165, 1.54) is 11.1 Å². The fourth-order valence-corrected chi connectivity index (χ4v) is 4.39. The Morgan fingerprint density at radius 1 is 1.23 bits per heavy atom. The average molecular weight is 412 g/mol. The summed E-state index contributed by atoms with van der Waals surface area (Å²) >= 11 is 0. The van der Waals surface area contributed by atoms with Gasteiger partial charge in [-0.15, -0.1) is 10.2 Å². The van der Waals surface area contributed by atoms with Crippen molar-refractivity contribution in [2.45, 2.75) is 64.0 Å². The predicted molar refractivity (Wildman–Crippen MR) is 114 cm³/mol. The molecule has 7 nitrogen and oxygen atoms in total. The van der Waals surface area contributed by atoms with Crippen LogP contribution in [0.4, 0.5) is 5.82 Å². The number of hydrogen-bond donors (Lipinski definition) is 2. The highest BCUT2D eigenvalue weighted by atomic mass is 16.7. The molecule has 2 aliphatic rings. The number of ether oxygens (including phenoxy) is 2. The molecule has 0 amide bonds. The van der Waals surface area contributed by atoms with Crippen LogP contribution in [0.15, 0.2) is 18.2 Å². The molecule has 0 bridgehead atoms. The van der Waals surface area contributed by atoms with Crippen molar-refractivity contribution in [3.63, 3.8) is 0 Å². The highest BCUT2D eigenvalue weighted by Gasteiger charge is 2.39. The minimum Gasteiger partial charge on any atom is -0.467 e. The molecule has 160 valence electrons. The highest BCUT2D eigenvalue weighted by molar-refractivity contribution is 5.81. The number of aromatic nitrogens is 2. The summed E-state index contributed by atoms with van der Waals surface area (Å²) in [7, 11) is 0. The van der Waals surface area contributed by atoms with E-state index in [0.29, 0.717) is 30.8 Å². The number of anilines is 1. The van der Waals surface area contributed by atoms with E-state index in [-0.39, 0.29) is 12.8 Å². The fourth-order valence-electron chi connectivity index (χ4n) is 4.39. The van der Waals surface area contributed by atoms with Gasteiger partial charge in [0.15, 0.2) is 12.6 Å². The highest BCUT2D eigenvalue weighted by Crippen LogP contribution is 2.39. The third kappa shape index (κ3) is 4.32. The van der Waals surface area contributed by atoms with Gasteiger partial charge in [-0.1, -0.05) is 6.07 Å². The van der Waals surface area contributed by atoms with E-state index in [9.17, 15) is 9.90 Å². The topological polar surface area (TPSA) is 93.6 Å². The molecule has 1 saturated carbocycles. The fraction of sp³-hybridized carbons (Fsp3) is 0.522. The Balaban J connectivity index is 1.68. The molecule has 1 heterocycles. The zero-order valence-corrected chi connectivity index (χ0v) is 17.6. The van der Waals surface area contributed by atoms with E-state index in [1.54, 1.807) is 12.1 Å². The Bertz CT molecular complexity index is 921. The zero-order valence-electron chi connectivity index (χ0n) is 17.6. The van der Waals surface area contributed by atoms with Crippen molar-refractivity contribution in [2.75, 3.05) is 18.7 Å².